The van der Waals surface area contributed by atoms with Crippen LogP contribution >= 0.6 is 0 Å². The van der Waals surface area contributed by atoms with Gasteiger partial charge in [-0.3, -0.25) is 14.4 Å². The van der Waals surface area contributed by atoms with E-state index in [4.69, 9.17) is 26.2 Å². The molecule has 0 spiro atoms. The molecule has 45 heavy (non-hydrogen) atoms. The standard InChI is InChI=1S/C27H33N5O3.C4H6O6/c1-26(2,28)24(34)29-21(16-19-10-6-4-7-11-19)23(33)32-15-14-22-27(18-32,25(35)31(3)30-22)17-20-12-8-5-9-13-20;5-1(3(7)8)2(6)4(9)10/h4-13,21H,14-18,28H2,1-3H3,(H,29,34);1-2,5-6H,(H,7,8)(H,9,10)/t21-,27-;/m1./s1. The molecule has 2 unspecified atom stereocenters. The summed E-state index contributed by atoms with van der Waals surface area (Å²) in [6, 6.07) is 18.5. The largest absolute Gasteiger partial charge is 0.479 e. The molecule has 0 aliphatic carbocycles. The Morgan fingerprint density at radius 2 is 1.47 bits per heavy atom. The molecule has 14 heteroatoms. The highest BCUT2D eigenvalue weighted by Crippen LogP contribution is 2.38. The van der Waals surface area contributed by atoms with E-state index in [2.05, 4.69) is 10.4 Å². The number of nitrogens with two attached hydrogens (primary N) is 1. The van der Waals surface area contributed by atoms with Gasteiger partial charge in [0.15, 0.2) is 12.2 Å². The van der Waals surface area contributed by atoms with Gasteiger partial charge in [-0.15, -0.1) is 0 Å². The van der Waals surface area contributed by atoms with Gasteiger partial charge in [-0.2, -0.15) is 5.10 Å². The number of amides is 3. The second kappa shape index (κ2) is 14.4. The third-order valence-electron chi connectivity index (χ3n) is 7.54. The van der Waals surface area contributed by atoms with Crippen molar-refractivity contribution in [3.63, 3.8) is 0 Å². The number of aliphatic carboxylic acids is 2. The molecule has 0 saturated carbocycles. The summed E-state index contributed by atoms with van der Waals surface area (Å²) < 4.78 is 0. The molecule has 0 bridgehead atoms. The summed E-state index contributed by atoms with van der Waals surface area (Å²) >= 11 is 0. The monoisotopic (exact) mass is 625 g/mol. The minimum atomic E-state index is -2.27. The third kappa shape index (κ3) is 8.50. The number of piperidine rings is 1. The molecule has 2 aliphatic rings. The van der Waals surface area contributed by atoms with E-state index in [9.17, 15) is 24.0 Å². The first-order valence-electron chi connectivity index (χ1n) is 14.2. The second-order valence-electron chi connectivity index (χ2n) is 11.6. The van der Waals surface area contributed by atoms with Gasteiger partial charge in [0.25, 0.3) is 5.91 Å². The summed E-state index contributed by atoms with van der Waals surface area (Å²) in [6.07, 6.45) is -3.23. The zero-order valence-electron chi connectivity index (χ0n) is 25.3. The summed E-state index contributed by atoms with van der Waals surface area (Å²) in [5, 5.41) is 41.3. The number of carboxylic acids is 2. The van der Waals surface area contributed by atoms with Crippen molar-refractivity contribution < 1.29 is 44.4 Å². The molecule has 4 atom stereocenters. The van der Waals surface area contributed by atoms with E-state index in [-0.39, 0.29) is 18.4 Å². The average Bonchev–Trinajstić information content (AvgIpc) is 3.24. The predicted octanol–water partition coefficient (Wildman–Crippen LogP) is -0.382. The number of aliphatic hydroxyl groups excluding tert-OH is 2. The zero-order chi connectivity index (χ0) is 33.5. The van der Waals surface area contributed by atoms with E-state index >= 15 is 0 Å². The molecule has 0 radical (unpaired) electrons. The van der Waals surface area contributed by atoms with E-state index in [0.29, 0.717) is 25.8 Å². The Morgan fingerprint density at radius 1 is 0.956 bits per heavy atom. The quantitative estimate of drug-likeness (QED) is 0.201. The fourth-order valence-electron chi connectivity index (χ4n) is 5.10. The van der Waals surface area contributed by atoms with E-state index in [1.54, 1.807) is 25.8 Å². The molecule has 242 valence electrons. The van der Waals surface area contributed by atoms with Crippen LogP contribution in [0.3, 0.4) is 0 Å². The van der Waals surface area contributed by atoms with Crippen LogP contribution in [0.25, 0.3) is 0 Å². The van der Waals surface area contributed by atoms with Crippen molar-refractivity contribution in [2.24, 2.45) is 16.3 Å². The first kappa shape index (κ1) is 34.8. The van der Waals surface area contributed by atoms with Crippen LogP contribution in [0.2, 0.25) is 0 Å². The van der Waals surface area contributed by atoms with Crippen LogP contribution in [0.5, 0.6) is 0 Å². The third-order valence-corrected chi connectivity index (χ3v) is 7.54. The molecule has 2 heterocycles. The molecule has 0 aromatic heterocycles. The molecule has 2 aromatic rings. The van der Waals surface area contributed by atoms with Gasteiger partial charge >= 0.3 is 11.9 Å². The van der Waals surface area contributed by atoms with E-state index in [0.717, 1.165) is 16.8 Å². The van der Waals surface area contributed by atoms with E-state index in [1.165, 1.54) is 5.01 Å². The van der Waals surface area contributed by atoms with Gasteiger partial charge < -0.3 is 36.4 Å². The summed E-state index contributed by atoms with van der Waals surface area (Å²) in [5.74, 6) is -4.27. The van der Waals surface area contributed by atoms with Crippen LogP contribution in [0.4, 0.5) is 0 Å². The van der Waals surface area contributed by atoms with Gasteiger partial charge in [-0.25, -0.2) is 14.6 Å². The Hall–Kier alpha value is -4.66. The number of hydrazone groups is 1. The normalized spacial score (nSPS) is 19.7. The fourth-order valence-corrected chi connectivity index (χ4v) is 5.10. The van der Waals surface area contributed by atoms with Crippen molar-refractivity contribution in [3.8, 4) is 0 Å². The lowest BCUT2D eigenvalue weighted by Crippen LogP contribution is -2.61. The highest BCUT2D eigenvalue weighted by Gasteiger charge is 2.54. The van der Waals surface area contributed by atoms with Crippen LogP contribution in [0.15, 0.2) is 65.8 Å². The number of fused-ring (bicyclic) bond motifs is 1. The lowest BCUT2D eigenvalue weighted by atomic mass is 9.73. The minimum Gasteiger partial charge on any atom is -0.479 e. The van der Waals surface area contributed by atoms with E-state index < -0.39 is 47.0 Å². The average molecular weight is 626 g/mol. The van der Waals surface area contributed by atoms with Crippen molar-refractivity contribution in [2.45, 2.75) is 56.9 Å². The van der Waals surface area contributed by atoms with Gasteiger partial charge in [0, 0.05) is 33.0 Å². The number of nitrogens with zero attached hydrogens (tertiary/aromatic N) is 3. The molecule has 1 fully saturated rings. The number of hydrogen-bond donors (Lipinski definition) is 6. The number of carbonyl (C=O) groups is 5. The Morgan fingerprint density at radius 3 is 1.96 bits per heavy atom. The Labute approximate surface area is 260 Å². The number of benzene rings is 2. The van der Waals surface area contributed by atoms with E-state index in [1.807, 2.05) is 60.7 Å². The summed E-state index contributed by atoms with van der Waals surface area (Å²) in [4.78, 5) is 61.2. The topological polar surface area (TPSA) is 223 Å². The minimum absolute atomic E-state index is 0.111. The number of aliphatic hydroxyl groups is 2. The Balaban J connectivity index is 0.000000477. The Bertz CT molecular complexity index is 1410. The van der Waals surface area contributed by atoms with Crippen LogP contribution in [0.1, 0.15) is 31.4 Å². The number of likely N-dealkylation sites (tertiary alicyclic amines) is 1. The Kier molecular flexibility index (Phi) is 11.2. The number of rotatable bonds is 10. The number of carboxylic acid groups (broad SMARTS) is 2. The van der Waals surface area contributed by atoms with Gasteiger partial charge in [-0.1, -0.05) is 60.7 Å². The SMILES string of the molecule is CN1N=C2CCN(C(=O)[C@@H](Cc3ccccc3)NC(=O)C(C)(C)N)C[C@@]2(Cc2ccccc2)C1=O.O=C(O)C(O)C(O)C(=O)O. The maximum absolute atomic E-state index is 13.8. The van der Waals surface area contributed by atoms with Gasteiger partial charge in [-0.05, 0) is 31.4 Å². The summed E-state index contributed by atoms with van der Waals surface area (Å²) in [6.45, 7) is 3.87. The van der Waals surface area contributed by atoms with Crippen LogP contribution in [-0.4, -0.2) is 110 Å². The maximum Gasteiger partial charge on any atom is 0.335 e. The van der Waals surface area contributed by atoms with Crippen LogP contribution < -0.4 is 11.1 Å². The van der Waals surface area contributed by atoms with Crippen LogP contribution in [0, 0.1) is 5.41 Å². The number of carbonyl (C=O) groups excluding carboxylic acids is 3. The van der Waals surface area contributed by atoms with Gasteiger partial charge in [0.2, 0.25) is 11.8 Å². The van der Waals surface area contributed by atoms with Crippen molar-refractivity contribution in [1.82, 2.24) is 15.2 Å². The lowest BCUT2D eigenvalue weighted by molar-refractivity contribution is -0.165. The summed E-state index contributed by atoms with van der Waals surface area (Å²) in [7, 11) is 1.66. The van der Waals surface area contributed by atoms with Crippen molar-refractivity contribution in [1.29, 1.82) is 0 Å². The lowest BCUT2D eigenvalue weighted by Gasteiger charge is -2.41. The van der Waals surface area contributed by atoms with Crippen molar-refractivity contribution in [3.05, 3.63) is 71.8 Å². The smallest absolute Gasteiger partial charge is 0.335 e. The molecular weight excluding hydrogens is 586 g/mol. The first-order chi connectivity index (χ1) is 21.1. The molecule has 14 nitrogen and oxygen atoms in total. The maximum atomic E-state index is 13.8. The molecule has 2 aromatic carbocycles. The second-order valence-corrected chi connectivity index (χ2v) is 11.6. The first-order valence-corrected chi connectivity index (χ1v) is 14.2. The molecule has 4 rings (SSSR count). The predicted molar refractivity (Wildman–Crippen MR) is 162 cm³/mol. The molecule has 1 saturated heterocycles. The highest BCUT2D eigenvalue weighted by atomic mass is 16.4. The number of hydrogen-bond acceptors (Lipinski definition) is 9. The van der Waals surface area contributed by atoms with Crippen molar-refractivity contribution in [2.75, 3.05) is 20.1 Å². The van der Waals surface area contributed by atoms with Crippen molar-refractivity contribution >= 4 is 35.4 Å². The van der Waals surface area contributed by atoms with Gasteiger partial charge in [0.05, 0.1) is 11.3 Å². The molecule has 7 N–H and O–H groups in total. The van der Waals surface area contributed by atoms with Crippen LogP contribution in [-0.2, 0) is 36.8 Å². The zero-order valence-corrected chi connectivity index (χ0v) is 25.3. The molecule has 3 amide bonds. The van der Waals surface area contributed by atoms with Gasteiger partial charge in [0.1, 0.15) is 11.5 Å². The summed E-state index contributed by atoms with van der Waals surface area (Å²) in [5.41, 5.74) is 6.72. The highest BCUT2D eigenvalue weighted by molar-refractivity contribution is 6.13. The fraction of sp³-hybridized carbons (Fsp3) is 0.419. The molecule has 2 aliphatic heterocycles. The number of nitrogens with one attached hydrogen (secondary N) is 1. The molecular formula is C31H39N5O9.